The average molecular weight is 300 g/mol. The Morgan fingerprint density at radius 1 is 1.14 bits per heavy atom. The van der Waals surface area contributed by atoms with Crippen molar-refractivity contribution in [3.63, 3.8) is 0 Å². The van der Waals surface area contributed by atoms with Crippen LogP contribution in [0.5, 0.6) is 0 Å². The molecule has 3 aromatic rings. The van der Waals surface area contributed by atoms with E-state index in [1.165, 1.54) is 12.1 Å². The van der Waals surface area contributed by atoms with Crippen LogP contribution in [0.4, 0.5) is 4.39 Å². The van der Waals surface area contributed by atoms with Crippen molar-refractivity contribution in [3.05, 3.63) is 76.7 Å². The van der Waals surface area contributed by atoms with Crippen LogP contribution in [-0.2, 0) is 6.42 Å². The third kappa shape index (κ3) is 2.78. The van der Waals surface area contributed by atoms with Gasteiger partial charge in [-0.25, -0.2) is 4.39 Å². The first-order chi connectivity index (χ1) is 10.1. The Balaban J connectivity index is 1.95. The fraction of sp³-hybridized carbons (Fsp3) is 0.0588. The number of halogens is 2. The molecule has 21 heavy (non-hydrogen) atoms. The Morgan fingerprint density at radius 2 is 1.95 bits per heavy atom. The molecule has 2 nitrogen and oxygen atoms in total. The molecule has 0 saturated carbocycles. The van der Waals surface area contributed by atoms with Gasteiger partial charge in [0.05, 0.1) is 10.5 Å². The van der Waals surface area contributed by atoms with E-state index in [9.17, 15) is 9.18 Å². The Hall–Kier alpha value is -2.26. The van der Waals surface area contributed by atoms with Crippen molar-refractivity contribution in [2.24, 2.45) is 0 Å². The maximum atomic E-state index is 13.1. The number of nitrogens with zero attached hydrogens (tertiary/aromatic N) is 1. The van der Waals surface area contributed by atoms with Crippen LogP contribution in [0, 0.1) is 5.82 Å². The summed E-state index contributed by atoms with van der Waals surface area (Å²) in [7, 11) is 0. The average Bonchev–Trinajstić information content (AvgIpc) is 2.50. The minimum atomic E-state index is -0.486. The van der Waals surface area contributed by atoms with Crippen LogP contribution in [0.15, 0.2) is 54.7 Å². The number of Topliss-reactive ketones (excluding diaryl/α,β-unsaturated/α-hetero) is 1. The molecule has 2 aromatic carbocycles. The van der Waals surface area contributed by atoms with Crippen LogP contribution in [0.2, 0.25) is 5.02 Å². The van der Waals surface area contributed by atoms with Gasteiger partial charge in [-0.1, -0.05) is 35.9 Å². The number of benzene rings is 2. The van der Waals surface area contributed by atoms with E-state index in [1.807, 2.05) is 24.3 Å². The van der Waals surface area contributed by atoms with E-state index in [0.717, 1.165) is 5.39 Å². The number of aromatic nitrogens is 1. The van der Waals surface area contributed by atoms with E-state index in [0.29, 0.717) is 16.6 Å². The number of rotatable bonds is 3. The van der Waals surface area contributed by atoms with E-state index in [2.05, 4.69) is 4.98 Å². The number of hydrogen-bond acceptors (Lipinski definition) is 2. The second-order valence-electron chi connectivity index (χ2n) is 4.73. The van der Waals surface area contributed by atoms with Crippen molar-refractivity contribution >= 4 is 28.3 Å². The summed E-state index contributed by atoms with van der Waals surface area (Å²) in [5.74, 6) is -0.554. The molecule has 0 bridgehead atoms. The number of hydrogen-bond donors (Lipinski definition) is 0. The highest BCUT2D eigenvalue weighted by Crippen LogP contribution is 2.20. The third-order valence-corrected chi connectivity index (χ3v) is 3.57. The summed E-state index contributed by atoms with van der Waals surface area (Å²) >= 11 is 5.74. The lowest BCUT2D eigenvalue weighted by molar-refractivity contribution is 0.0994. The molecule has 0 aliphatic carbocycles. The molecule has 0 amide bonds. The van der Waals surface area contributed by atoms with Gasteiger partial charge in [-0.2, -0.15) is 0 Å². The van der Waals surface area contributed by atoms with Gasteiger partial charge in [0.25, 0.3) is 0 Å². The predicted octanol–water partition coefficient (Wildman–Crippen LogP) is 4.45. The number of fused-ring (bicyclic) bond motifs is 1. The highest BCUT2D eigenvalue weighted by molar-refractivity contribution is 6.30. The first kappa shape index (κ1) is 13.7. The van der Waals surface area contributed by atoms with Crippen molar-refractivity contribution in [1.82, 2.24) is 4.98 Å². The van der Waals surface area contributed by atoms with E-state index >= 15 is 0 Å². The summed E-state index contributed by atoms with van der Waals surface area (Å²) in [5, 5.41) is 0.942. The van der Waals surface area contributed by atoms with Crippen LogP contribution >= 0.6 is 11.6 Å². The smallest absolute Gasteiger partial charge is 0.169 e. The number of carbonyl (C=O) groups is 1. The SMILES string of the molecule is O=C(Cc1ccc(F)c(Cl)c1)c1cccc2cccnc12. The molecule has 104 valence electrons. The van der Waals surface area contributed by atoms with Crippen molar-refractivity contribution in [3.8, 4) is 0 Å². The normalized spacial score (nSPS) is 10.8. The highest BCUT2D eigenvalue weighted by atomic mass is 35.5. The van der Waals surface area contributed by atoms with Gasteiger partial charge in [-0.05, 0) is 29.8 Å². The minimum absolute atomic E-state index is 0.0244. The molecular formula is C17H11ClFNO. The fourth-order valence-corrected chi connectivity index (χ4v) is 2.46. The van der Waals surface area contributed by atoms with Crippen molar-refractivity contribution < 1.29 is 9.18 Å². The van der Waals surface area contributed by atoms with E-state index in [4.69, 9.17) is 11.6 Å². The topological polar surface area (TPSA) is 30.0 Å². The van der Waals surface area contributed by atoms with Crippen molar-refractivity contribution in [2.45, 2.75) is 6.42 Å². The summed E-state index contributed by atoms with van der Waals surface area (Å²) in [6.07, 6.45) is 1.82. The molecule has 1 heterocycles. The Labute approximate surface area is 126 Å². The molecule has 0 unspecified atom stereocenters. The first-order valence-corrected chi connectivity index (χ1v) is 6.84. The maximum Gasteiger partial charge on any atom is 0.169 e. The quantitative estimate of drug-likeness (QED) is 0.669. The standard InChI is InChI=1S/C17H11ClFNO/c18-14-9-11(6-7-15(14)19)10-16(21)13-5-1-3-12-4-2-8-20-17(12)13/h1-9H,10H2. The molecule has 0 saturated heterocycles. The molecule has 1 aromatic heterocycles. The van der Waals surface area contributed by atoms with Gasteiger partial charge >= 0.3 is 0 Å². The monoisotopic (exact) mass is 299 g/mol. The highest BCUT2D eigenvalue weighted by Gasteiger charge is 2.12. The molecule has 0 N–H and O–H groups in total. The summed E-state index contributed by atoms with van der Waals surface area (Å²) in [4.78, 5) is 16.7. The van der Waals surface area contributed by atoms with Crippen LogP contribution in [0.1, 0.15) is 15.9 Å². The van der Waals surface area contributed by atoms with Gasteiger partial charge in [-0.15, -0.1) is 0 Å². The third-order valence-electron chi connectivity index (χ3n) is 3.28. The lowest BCUT2D eigenvalue weighted by Crippen LogP contribution is -2.05. The lowest BCUT2D eigenvalue weighted by Gasteiger charge is -2.06. The molecule has 0 aliphatic heterocycles. The van der Waals surface area contributed by atoms with Gasteiger partial charge in [0.1, 0.15) is 5.82 Å². The van der Waals surface area contributed by atoms with Crippen molar-refractivity contribution in [1.29, 1.82) is 0 Å². The molecule has 0 fully saturated rings. The minimum Gasteiger partial charge on any atom is -0.294 e. The summed E-state index contributed by atoms with van der Waals surface area (Å²) in [5.41, 5.74) is 1.92. The number of pyridine rings is 1. The second kappa shape index (κ2) is 5.62. The molecule has 3 rings (SSSR count). The van der Waals surface area contributed by atoms with Crippen LogP contribution in [0.25, 0.3) is 10.9 Å². The molecule has 0 atom stereocenters. The van der Waals surface area contributed by atoms with E-state index < -0.39 is 5.82 Å². The Kier molecular flexibility index (Phi) is 3.67. The number of carbonyl (C=O) groups excluding carboxylic acids is 1. The molecule has 4 heteroatoms. The van der Waals surface area contributed by atoms with Gasteiger partial charge < -0.3 is 0 Å². The Bertz CT molecular complexity index is 827. The zero-order valence-corrected chi connectivity index (χ0v) is 11.8. The summed E-state index contributed by atoms with van der Waals surface area (Å²) in [6, 6.07) is 13.5. The first-order valence-electron chi connectivity index (χ1n) is 6.46. The fourth-order valence-electron chi connectivity index (χ4n) is 2.26. The van der Waals surface area contributed by atoms with E-state index in [-0.39, 0.29) is 17.2 Å². The summed E-state index contributed by atoms with van der Waals surface area (Å²) in [6.45, 7) is 0. The van der Waals surface area contributed by atoms with E-state index in [1.54, 1.807) is 18.3 Å². The summed E-state index contributed by atoms with van der Waals surface area (Å²) < 4.78 is 13.1. The molecular weight excluding hydrogens is 289 g/mol. The van der Waals surface area contributed by atoms with Crippen molar-refractivity contribution in [2.75, 3.05) is 0 Å². The molecule has 0 spiro atoms. The van der Waals surface area contributed by atoms with Gasteiger partial charge in [0.15, 0.2) is 5.78 Å². The largest absolute Gasteiger partial charge is 0.294 e. The van der Waals surface area contributed by atoms with Crippen LogP contribution in [-0.4, -0.2) is 10.8 Å². The molecule has 0 aliphatic rings. The van der Waals surface area contributed by atoms with Gasteiger partial charge in [0.2, 0.25) is 0 Å². The number of para-hydroxylation sites is 1. The Morgan fingerprint density at radius 3 is 2.76 bits per heavy atom. The lowest BCUT2D eigenvalue weighted by atomic mass is 10.0. The second-order valence-corrected chi connectivity index (χ2v) is 5.14. The van der Waals surface area contributed by atoms with Gasteiger partial charge in [-0.3, -0.25) is 9.78 Å². The predicted molar refractivity (Wildman–Crippen MR) is 81.2 cm³/mol. The zero-order chi connectivity index (χ0) is 14.8. The van der Waals surface area contributed by atoms with Gasteiger partial charge in [0, 0.05) is 23.6 Å². The zero-order valence-electron chi connectivity index (χ0n) is 11.0. The number of ketones is 1. The van der Waals surface area contributed by atoms with Crippen LogP contribution in [0.3, 0.4) is 0 Å². The van der Waals surface area contributed by atoms with Crippen LogP contribution < -0.4 is 0 Å². The maximum absolute atomic E-state index is 13.1. The molecule has 0 radical (unpaired) electrons.